The Morgan fingerprint density at radius 1 is 0.694 bits per heavy atom. The van der Waals surface area contributed by atoms with E-state index in [1.807, 2.05) is 18.5 Å². The number of hydrogen-bond donors (Lipinski definition) is 0. The Morgan fingerprint density at radius 3 is 1.80 bits per heavy atom. The second-order valence-corrected chi connectivity index (χ2v) is 13.8. The summed E-state index contributed by atoms with van der Waals surface area (Å²) in [6, 6.07) is 38.0. The number of ether oxygens (including phenoxy) is 1. The Bertz CT molecular complexity index is 1970. The summed E-state index contributed by atoms with van der Waals surface area (Å²) < 4.78 is 20.8. The van der Waals surface area contributed by atoms with Crippen LogP contribution in [0.5, 0.6) is 0 Å². The summed E-state index contributed by atoms with van der Waals surface area (Å²) in [7, 11) is -0.568. The summed E-state index contributed by atoms with van der Waals surface area (Å²) in [5.74, 6) is 0.902. The normalized spacial score (nSPS) is 17.5. The van der Waals surface area contributed by atoms with Crippen molar-refractivity contribution in [3.05, 3.63) is 138 Å². The van der Waals surface area contributed by atoms with Crippen molar-refractivity contribution in [2.24, 2.45) is 0 Å². The smallest absolute Gasteiger partial charge is 0.399 e. The molecule has 0 amide bonds. The first-order valence-corrected chi connectivity index (χ1v) is 17.0. The highest BCUT2D eigenvalue weighted by molar-refractivity contribution is 6.62. The van der Waals surface area contributed by atoms with E-state index in [1.165, 1.54) is 0 Å². The molecule has 2 saturated heterocycles. The summed E-state index contributed by atoms with van der Waals surface area (Å²) in [5.41, 5.74) is 4.76. The molecule has 8 nitrogen and oxygen atoms in total. The van der Waals surface area contributed by atoms with Gasteiger partial charge in [-0.1, -0.05) is 91.0 Å². The van der Waals surface area contributed by atoms with Crippen LogP contribution in [0.15, 0.2) is 122 Å². The number of nitrogens with zero attached hydrogens (tertiary/aromatic N) is 5. The molecule has 5 heterocycles. The van der Waals surface area contributed by atoms with Crippen LogP contribution in [0.4, 0.5) is 5.82 Å². The molecule has 0 saturated carbocycles. The van der Waals surface area contributed by atoms with E-state index in [2.05, 4.69) is 140 Å². The van der Waals surface area contributed by atoms with Gasteiger partial charge in [-0.15, -0.1) is 0 Å². The molecule has 0 atom stereocenters. The predicted octanol–water partition coefficient (Wildman–Crippen LogP) is 6.47. The lowest BCUT2D eigenvalue weighted by Crippen LogP contribution is -2.41. The number of hydrogen-bond acceptors (Lipinski definition) is 7. The molecule has 9 heteroatoms. The maximum absolute atomic E-state index is 6.51. The first kappa shape index (κ1) is 31.4. The van der Waals surface area contributed by atoms with Gasteiger partial charge in [0, 0.05) is 41.9 Å². The largest absolute Gasteiger partial charge is 0.496 e. The van der Waals surface area contributed by atoms with Gasteiger partial charge in [0.1, 0.15) is 17.1 Å². The van der Waals surface area contributed by atoms with Crippen LogP contribution in [0, 0.1) is 0 Å². The molecule has 0 spiro atoms. The molecule has 49 heavy (non-hydrogen) atoms. The van der Waals surface area contributed by atoms with Crippen LogP contribution in [0.2, 0.25) is 0 Å². The second-order valence-electron chi connectivity index (χ2n) is 13.8. The Balaban J connectivity index is 1.42. The van der Waals surface area contributed by atoms with Gasteiger partial charge in [-0.3, -0.25) is 0 Å². The van der Waals surface area contributed by atoms with Crippen molar-refractivity contribution in [1.29, 1.82) is 0 Å². The molecule has 8 rings (SSSR count). The minimum Gasteiger partial charge on any atom is -0.399 e. The molecule has 3 aromatic heterocycles. The van der Waals surface area contributed by atoms with Crippen LogP contribution in [0.25, 0.3) is 22.3 Å². The van der Waals surface area contributed by atoms with Gasteiger partial charge in [0.15, 0.2) is 5.65 Å². The number of rotatable bonds is 7. The molecule has 3 aromatic carbocycles. The molecular formula is C40H40BN5O3. The Morgan fingerprint density at radius 2 is 1.24 bits per heavy atom. The van der Waals surface area contributed by atoms with Gasteiger partial charge in [0.2, 0.25) is 0 Å². The first-order chi connectivity index (χ1) is 23.8. The molecule has 246 valence electrons. The van der Waals surface area contributed by atoms with Crippen molar-refractivity contribution in [3.63, 3.8) is 0 Å². The van der Waals surface area contributed by atoms with E-state index < -0.39 is 23.9 Å². The fourth-order valence-corrected chi connectivity index (χ4v) is 7.01. The third-order valence-corrected chi connectivity index (χ3v) is 10.3. The number of morpholine rings is 1. The van der Waals surface area contributed by atoms with Crippen molar-refractivity contribution in [2.75, 3.05) is 31.2 Å². The van der Waals surface area contributed by atoms with Crippen LogP contribution in [0.3, 0.4) is 0 Å². The van der Waals surface area contributed by atoms with Gasteiger partial charge >= 0.3 is 7.12 Å². The summed E-state index contributed by atoms with van der Waals surface area (Å²) >= 11 is 0. The van der Waals surface area contributed by atoms with Crippen molar-refractivity contribution in [3.8, 4) is 11.3 Å². The second kappa shape index (κ2) is 12.3. The summed E-state index contributed by atoms with van der Waals surface area (Å²) in [6.45, 7) is 11.2. The van der Waals surface area contributed by atoms with E-state index in [9.17, 15) is 0 Å². The van der Waals surface area contributed by atoms with Gasteiger partial charge < -0.3 is 18.9 Å². The van der Waals surface area contributed by atoms with Gasteiger partial charge in [0.25, 0.3) is 0 Å². The molecule has 0 aliphatic carbocycles. The van der Waals surface area contributed by atoms with Gasteiger partial charge in [-0.25, -0.2) is 14.6 Å². The average Bonchev–Trinajstić information content (AvgIpc) is 3.63. The maximum atomic E-state index is 6.51. The molecular weight excluding hydrogens is 609 g/mol. The lowest BCUT2D eigenvalue weighted by atomic mass is 9.77. The quantitative estimate of drug-likeness (QED) is 0.145. The summed E-state index contributed by atoms with van der Waals surface area (Å²) in [6.07, 6.45) is 3.75. The fraction of sp³-hybridized carbons (Fsp3) is 0.275. The van der Waals surface area contributed by atoms with E-state index in [0.29, 0.717) is 13.2 Å². The van der Waals surface area contributed by atoms with Crippen LogP contribution in [0.1, 0.15) is 44.4 Å². The van der Waals surface area contributed by atoms with Gasteiger partial charge in [-0.05, 0) is 62.6 Å². The predicted molar refractivity (Wildman–Crippen MR) is 194 cm³/mol. The monoisotopic (exact) mass is 649 g/mol. The number of fused-ring (bicyclic) bond motifs is 1. The molecule has 0 N–H and O–H groups in total. The number of anilines is 1. The highest BCUT2D eigenvalue weighted by Crippen LogP contribution is 2.44. The van der Waals surface area contributed by atoms with Crippen LogP contribution >= 0.6 is 0 Å². The highest BCUT2D eigenvalue weighted by Gasteiger charge is 2.52. The third kappa shape index (κ3) is 5.33. The van der Waals surface area contributed by atoms with Crippen molar-refractivity contribution in [2.45, 2.75) is 44.4 Å². The first-order valence-electron chi connectivity index (χ1n) is 17.0. The van der Waals surface area contributed by atoms with E-state index in [1.54, 1.807) is 0 Å². The molecule has 2 fully saturated rings. The molecule has 0 radical (unpaired) electrons. The minimum absolute atomic E-state index is 0.485. The Hall–Kier alpha value is -4.83. The molecule has 2 aliphatic heterocycles. The van der Waals surface area contributed by atoms with Crippen LogP contribution < -0.4 is 10.4 Å². The lowest BCUT2D eigenvalue weighted by molar-refractivity contribution is 0.00578. The van der Waals surface area contributed by atoms with E-state index in [0.717, 1.165) is 63.4 Å². The minimum atomic E-state index is -0.848. The lowest BCUT2D eigenvalue weighted by Gasteiger charge is -2.36. The molecule has 0 unspecified atom stereocenters. The molecule has 0 bridgehead atoms. The number of aromatic nitrogens is 4. The standard InChI is InChI=1S/C40H40BN5O3/c1-38(2)39(3,4)49-41(48-38)33-27-34-36(29-20-21-42-35(26-29)45-22-24-47-25-23-45)44-46(37(34)43-28-33)40(30-14-8-5-9-15-30,31-16-10-6-11-17-31)32-18-12-7-13-19-32/h5-21,26-28H,22-25H2,1-4H3. The average molecular weight is 650 g/mol. The number of benzene rings is 3. The fourth-order valence-electron chi connectivity index (χ4n) is 7.01. The van der Waals surface area contributed by atoms with Crippen molar-refractivity contribution < 1.29 is 14.0 Å². The van der Waals surface area contributed by atoms with Crippen LogP contribution in [-0.2, 0) is 19.6 Å². The van der Waals surface area contributed by atoms with E-state index >= 15 is 0 Å². The van der Waals surface area contributed by atoms with Gasteiger partial charge in [0.05, 0.1) is 24.4 Å². The Labute approximate surface area is 287 Å². The topological polar surface area (TPSA) is 74.5 Å². The van der Waals surface area contributed by atoms with E-state index in [4.69, 9.17) is 29.1 Å². The molecule has 6 aromatic rings. The highest BCUT2D eigenvalue weighted by atomic mass is 16.7. The zero-order chi connectivity index (χ0) is 33.6. The zero-order valence-corrected chi connectivity index (χ0v) is 28.4. The van der Waals surface area contributed by atoms with Crippen molar-refractivity contribution >= 4 is 29.4 Å². The third-order valence-electron chi connectivity index (χ3n) is 10.3. The van der Waals surface area contributed by atoms with Crippen molar-refractivity contribution in [1.82, 2.24) is 19.7 Å². The van der Waals surface area contributed by atoms with Crippen LogP contribution in [-0.4, -0.2) is 64.4 Å². The van der Waals surface area contributed by atoms with E-state index in [-0.39, 0.29) is 0 Å². The SMILES string of the molecule is CC1(C)OB(c2cnc3c(c2)c(-c2ccnc(N4CCOCC4)c2)nn3C(c2ccccc2)(c2ccccc2)c2ccccc2)OC1(C)C. The molecule has 2 aliphatic rings. The maximum Gasteiger partial charge on any atom is 0.496 e. The summed E-state index contributed by atoms with van der Waals surface area (Å²) in [5, 5.41) is 6.48. The van der Waals surface area contributed by atoms with Gasteiger partial charge in [-0.2, -0.15) is 5.10 Å². The number of pyridine rings is 2. The zero-order valence-electron chi connectivity index (χ0n) is 28.4. The summed E-state index contributed by atoms with van der Waals surface area (Å²) in [4.78, 5) is 12.2. The Kier molecular flexibility index (Phi) is 7.86.